The Morgan fingerprint density at radius 1 is 1.28 bits per heavy atom. The lowest BCUT2D eigenvalue weighted by atomic mass is 10.2. The highest BCUT2D eigenvalue weighted by Crippen LogP contribution is 2.12. The van der Waals surface area contributed by atoms with Crippen molar-refractivity contribution in [2.24, 2.45) is 4.99 Å². The molecule has 0 aromatic heterocycles. The molecule has 0 atom stereocenters. The molecule has 0 bridgehead atoms. The quantitative estimate of drug-likeness (QED) is 0.641. The minimum absolute atomic E-state index is 0.787. The van der Waals surface area contributed by atoms with Crippen LogP contribution in [0, 0.1) is 0 Å². The molecule has 0 unspecified atom stereocenters. The highest BCUT2D eigenvalue weighted by atomic mass is 16.5. The summed E-state index contributed by atoms with van der Waals surface area (Å²) in [4.78, 5) is 6.57. The zero-order chi connectivity index (χ0) is 13.4. The van der Waals surface area contributed by atoms with Gasteiger partial charge in [0.25, 0.3) is 0 Å². The maximum Gasteiger partial charge on any atom is 0.193 e. The average molecular weight is 249 g/mol. The highest BCUT2D eigenvalue weighted by Gasteiger charge is 2.05. The lowest BCUT2D eigenvalue weighted by molar-refractivity contribution is 0.414. The van der Waals surface area contributed by atoms with Gasteiger partial charge in [-0.05, 0) is 31.5 Å². The summed E-state index contributed by atoms with van der Waals surface area (Å²) in [5.74, 6) is 1.83. The summed E-state index contributed by atoms with van der Waals surface area (Å²) < 4.78 is 5.15. The summed E-state index contributed by atoms with van der Waals surface area (Å²) in [6.45, 7) is 6.61. The number of nitrogens with one attached hydrogen (secondary N) is 1. The van der Waals surface area contributed by atoms with E-state index in [0.717, 1.165) is 31.3 Å². The van der Waals surface area contributed by atoms with Crippen LogP contribution in [0.3, 0.4) is 0 Å². The molecule has 0 aliphatic heterocycles. The van der Waals surface area contributed by atoms with Crippen LogP contribution in [-0.2, 0) is 6.54 Å². The van der Waals surface area contributed by atoms with E-state index < -0.39 is 0 Å². The van der Waals surface area contributed by atoms with Crippen LogP contribution in [0.2, 0.25) is 0 Å². The zero-order valence-corrected chi connectivity index (χ0v) is 11.7. The summed E-state index contributed by atoms with van der Waals surface area (Å²) in [5.41, 5.74) is 1.24. The third-order valence-electron chi connectivity index (χ3n) is 2.58. The van der Waals surface area contributed by atoms with Gasteiger partial charge in [-0.2, -0.15) is 0 Å². The number of benzene rings is 1. The molecule has 0 aliphatic rings. The van der Waals surface area contributed by atoms with E-state index in [-0.39, 0.29) is 0 Å². The van der Waals surface area contributed by atoms with Crippen molar-refractivity contribution in [1.29, 1.82) is 0 Å². The van der Waals surface area contributed by atoms with E-state index in [0.29, 0.717) is 0 Å². The second kappa shape index (κ2) is 7.58. The minimum atomic E-state index is 0.787. The van der Waals surface area contributed by atoms with Gasteiger partial charge in [0.05, 0.1) is 7.11 Å². The van der Waals surface area contributed by atoms with E-state index in [4.69, 9.17) is 4.74 Å². The smallest absolute Gasteiger partial charge is 0.193 e. The van der Waals surface area contributed by atoms with Crippen molar-refractivity contribution in [3.8, 4) is 5.75 Å². The van der Waals surface area contributed by atoms with Crippen molar-refractivity contribution in [3.05, 3.63) is 29.8 Å². The molecule has 1 N–H and O–H groups in total. The van der Waals surface area contributed by atoms with Crippen LogP contribution in [0.1, 0.15) is 19.4 Å². The second-order valence-corrected chi connectivity index (χ2v) is 4.03. The van der Waals surface area contributed by atoms with Crippen molar-refractivity contribution in [1.82, 2.24) is 10.2 Å². The van der Waals surface area contributed by atoms with E-state index in [1.165, 1.54) is 5.56 Å². The summed E-state index contributed by atoms with van der Waals surface area (Å²) in [7, 11) is 3.72. The number of ether oxygens (including phenoxy) is 1. The topological polar surface area (TPSA) is 36.9 Å². The van der Waals surface area contributed by atoms with Crippen LogP contribution in [0.5, 0.6) is 5.75 Å². The summed E-state index contributed by atoms with van der Waals surface area (Å²) in [6.07, 6.45) is 0. The number of methoxy groups -OCH3 is 1. The number of rotatable bonds is 5. The van der Waals surface area contributed by atoms with E-state index >= 15 is 0 Å². The van der Waals surface area contributed by atoms with Gasteiger partial charge >= 0.3 is 0 Å². The first-order chi connectivity index (χ1) is 8.71. The van der Waals surface area contributed by atoms with Crippen LogP contribution in [0.15, 0.2) is 29.3 Å². The van der Waals surface area contributed by atoms with Gasteiger partial charge in [-0.1, -0.05) is 12.1 Å². The Balaban J connectivity index is 2.66. The molecular formula is C14H23N3O. The van der Waals surface area contributed by atoms with Crippen molar-refractivity contribution < 1.29 is 4.74 Å². The molecule has 1 rings (SSSR count). The Kier molecular flexibility index (Phi) is 6.05. The molecule has 1 aromatic rings. The molecule has 0 fully saturated rings. The molecule has 0 saturated heterocycles. The van der Waals surface area contributed by atoms with Crippen LogP contribution < -0.4 is 10.1 Å². The first-order valence-electron chi connectivity index (χ1n) is 6.33. The van der Waals surface area contributed by atoms with Gasteiger partial charge in [0, 0.05) is 26.7 Å². The molecule has 0 amide bonds. The lowest BCUT2D eigenvalue weighted by Gasteiger charge is -2.22. The van der Waals surface area contributed by atoms with Gasteiger partial charge in [0.15, 0.2) is 5.96 Å². The molecular weight excluding hydrogens is 226 g/mol. The Labute approximate surface area is 110 Å². The Morgan fingerprint density at radius 2 is 1.94 bits per heavy atom. The van der Waals surface area contributed by atoms with Crippen molar-refractivity contribution in [2.75, 3.05) is 27.2 Å². The zero-order valence-electron chi connectivity index (χ0n) is 11.7. The molecule has 0 spiro atoms. The predicted molar refractivity (Wildman–Crippen MR) is 76.1 cm³/mol. The molecule has 0 radical (unpaired) electrons. The predicted octanol–water partition coefficient (Wildman–Crippen LogP) is 2.11. The Bertz CT molecular complexity index is 373. The number of aliphatic imine (C=N–C) groups is 1. The van der Waals surface area contributed by atoms with Gasteiger partial charge in [-0.25, -0.2) is 0 Å². The Morgan fingerprint density at radius 3 is 2.44 bits per heavy atom. The fourth-order valence-electron chi connectivity index (χ4n) is 1.70. The van der Waals surface area contributed by atoms with Gasteiger partial charge in [0.2, 0.25) is 0 Å². The third kappa shape index (κ3) is 4.28. The standard InChI is InChI=1S/C14H23N3O/c1-5-15-14(16-6-2)17(3)11-12-7-9-13(18-4)10-8-12/h7-10H,5-6,11H2,1-4H3,(H,15,16). The maximum atomic E-state index is 5.15. The third-order valence-corrected chi connectivity index (χ3v) is 2.58. The average Bonchev–Trinajstić information content (AvgIpc) is 2.39. The lowest BCUT2D eigenvalue weighted by Crippen LogP contribution is -2.38. The second-order valence-electron chi connectivity index (χ2n) is 4.03. The van der Waals surface area contributed by atoms with Crippen LogP contribution >= 0.6 is 0 Å². The molecule has 18 heavy (non-hydrogen) atoms. The minimum Gasteiger partial charge on any atom is -0.497 e. The van der Waals surface area contributed by atoms with Gasteiger partial charge < -0.3 is 15.0 Å². The molecule has 1 aromatic carbocycles. The molecule has 0 aliphatic carbocycles. The molecule has 4 heteroatoms. The van der Waals surface area contributed by atoms with E-state index in [9.17, 15) is 0 Å². The summed E-state index contributed by atoms with van der Waals surface area (Å²) >= 11 is 0. The fourth-order valence-corrected chi connectivity index (χ4v) is 1.70. The van der Waals surface area contributed by atoms with Crippen LogP contribution in [-0.4, -0.2) is 38.1 Å². The first kappa shape index (κ1) is 14.4. The summed E-state index contributed by atoms with van der Waals surface area (Å²) in [6, 6.07) is 8.11. The van der Waals surface area contributed by atoms with Gasteiger partial charge in [-0.15, -0.1) is 0 Å². The summed E-state index contributed by atoms with van der Waals surface area (Å²) in [5, 5.41) is 3.28. The van der Waals surface area contributed by atoms with Gasteiger partial charge in [0.1, 0.15) is 5.75 Å². The van der Waals surface area contributed by atoms with Gasteiger partial charge in [-0.3, -0.25) is 4.99 Å². The molecule has 0 saturated carbocycles. The number of guanidine groups is 1. The highest BCUT2D eigenvalue weighted by molar-refractivity contribution is 5.79. The normalized spacial score (nSPS) is 11.2. The van der Waals surface area contributed by atoms with Crippen molar-refractivity contribution >= 4 is 5.96 Å². The SMILES string of the molecule is CCN=C(NCC)N(C)Cc1ccc(OC)cc1. The number of hydrogen-bond donors (Lipinski definition) is 1. The molecule has 4 nitrogen and oxygen atoms in total. The van der Waals surface area contributed by atoms with Crippen LogP contribution in [0.25, 0.3) is 0 Å². The van der Waals surface area contributed by atoms with E-state index in [1.54, 1.807) is 7.11 Å². The largest absolute Gasteiger partial charge is 0.497 e. The first-order valence-corrected chi connectivity index (χ1v) is 6.33. The molecule has 100 valence electrons. The number of hydrogen-bond acceptors (Lipinski definition) is 2. The monoisotopic (exact) mass is 249 g/mol. The van der Waals surface area contributed by atoms with E-state index in [1.807, 2.05) is 26.1 Å². The maximum absolute atomic E-state index is 5.15. The van der Waals surface area contributed by atoms with Crippen molar-refractivity contribution in [3.63, 3.8) is 0 Å². The fraction of sp³-hybridized carbons (Fsp3) is 0.500. The Hall–Kier alpha value is -1.71. The van der Waals surface area contributed by atoms with E-state index in [2.05, 4.69) is 34.3 Å². The number of nitrogens with zero attached hydrogens (tertiary/aromatic N) is 2. The van der Waals surface area contributed by atoms with Crippen molar-refractivity contribution in [2.45, 2.75) is 20.4 Å². The molecule has 0 heterocycles. The van der Waals surface area contributed by atoms with Crippen LogP contribution in [0.4, 0.5) is 0 Å².